The average molecular weight is 341 g/mol. The largest absolute Gasteiger partial charge is 0.0683 e. The Kier molecular flexibility index (Phi) is 16.7. The van der Waals surface area contributed by atoms with Gasteiger partial charge in [-0.3, -0.25) is 0 Å². The van der Waals surface area contributed by atoms with Gasteiger partial charge in [-0.05, 0) is 60.7 Å². The van der Waals surface area contributed by atoms with E-state index in [0.29, 0.717) is 0 Å². The molecule has 0 nitrogen and oxygen atoms in total. The van der Waals surface area contributed by atoms with Crippen LogP contribution in [0.3, 0.4) is 0 Å². The Morgan fingerprint density at radius 2 is 1.33 bits per heavy atom. The maximum Gasteiger partial charge on any atom is -0.0355 e. The standard InChI is InChI=1S/C20H40.2C2H6/c1-8-18(9-2)12-14(4)11-16(6)20-13-15(5)17(7)19(20)10-3;2*1-2/h14-20H,8-13H2,1-7H3;2*1-2H3. The fourth-order valence-electron chi connectivity index (χ4n) is 5.06. The van der Waals surface area contributed by atoms with Gasteiger partial charge in [0.25, 0.3) is 0 Å². The van der Waals surface area contributed by atoms with Crippen molar-refractivity contribution in [3.05, 3.63) is 0 Å². The van der Waals surface area contributed by atoms with Crippen molar-refractivity contribution in [2.45, 2.75) is 115 Å². The van der Waals surface area contributed by atoms with Crippen LogP contribution in [-0.2, 0) is 0 Å². The lowest BCUT2D eigenvalue weighted by Gasteiger charge is -2.30. The fourth-order valence-corrected chi connectivity index (χ4v) is 5.06. The first-order chi connectivity index (χ1) is 11.4. The molecule has 0 aromatic heterocycles. The monoisotopic (exact) mass is 340 g/mol. The highest BCUT2D eigenvalue weighted by Crippen LogP contribution is 2.47. The summed E-state index contributed by atoms with van der Waals surface area (Å²) in [7, 11) is 0. The van der Waals surface area contributed by atoms with Gasteiger partial charge in [0.15, 0.2) is 0 Å². The van der Waals surface area contributed by atoms with E-state index in [4.69, 9.17) is 0 Å². The lowest BCUT2D eigenvalue weighted by molar-refractivity contribution is 0.200. The van der Waals surface area contributed by atoms with E-state index >= 15 is 0 Å². The Bertz CT molecular complexity index is 253. The van der Waals surface area contributed by atoms with Gasteiger partial charge in [-0.25, -0.2) is 0 Å². The predicted molar refractivity (Wildman–Crippen MR) is 115 cm³/mol. The van der Waals surface area contributed by atoms with Crippen molar-refractivity contribution in [3.8, 4) is 0 Å². The summed E-state index contributed by atoms with van der Waals surface area (Å²) in [6.07, 6.45) is 8.51. The van der Waals surface area contributed by atoms with Crippen LogP contribution in [0.2, 0.25) is 0 Å². The lowest BCUT2D eigenvalue weighted by atomic mass is 9.76. The zero-order chi connectivity index (χ0) is 19.3. The van der Waals surface area contributed by atoms with Gasteiger partial charge >= 0.3 is 0 Å². The molecule has 1 aliphatic carbocycles. The number of rotatable bonds is 8. The van der Waals surface area contributed by atoms with E-state index in [-0.39, 0.29) is 0 Å². The van der Waals surface area contributed by atoms with Gasteiger partial charge in [0, 0.05) is 0 Å². The van der Waals surface area contributed by atoms with Crippen molar-refractivity contribution in [1.82, 2.24) is 0 Å². The second-order valence-corrected chi connectivity index (χ2v) is 8.04. The van der Waals surface area contributed by atoms with Crippen molar-refractivity contribution < 1.29 is 0 Å². The summed E-state index contributed by atoms with van der Waals surface area (Å²) < 4.78 is 0. The van der Waals surface area contributed by atoms with Crippen LogP contribution in [0, 0.1) is 41.4 Å². The van der Waals surface area contributed by atoms with E-state index in [0.717, 1.165) is 41.4 Å². The molecule has 24 heavy (non-hydrogen) atoms. The number of hydrogen-bond donors (Lipinski definition) is 0. The minimum atomic E-state index is 0.915. The van der Waals surface area contributed by atoms with E-state index in [1.807, 2.05) is 27.7 Å². The molecule has 0 spiro atoms. The highest BCUT2D eigenvalue weighted by molar-refractivity contribution is 4.89. The summed E-state index contributed by atoms with van der Waals surface area (Å²) in [5.74, 6) is 6.67. The van der Waals surface area contributed by atoms with E-state index in [2.05, 4.69) is 48.5 Å². The van der Waals surface area contributed by atoms with Gasteiger partial charge in [-0.15, -0.1) is 0 Å². The molecule has 0 aromatic rings. The fraction of sp³-hybridized carbons (Fsp3) is 1.00. The van der Waals surface area contributed by atoms with Crippen molar-refractivity contribution in [2.24, 2.45) is 41.4 Å². The molecule has 1 fully saturated rings. The molecule has 1 rings (SSSR count). The van der Waals surface area contributed by atoms with Crippen molar-refractivity contribution in [2.75, 3.05) is 0 Å². The minimum absolute atomic E-state index is 0.915. The summed E-state index contributed by atoms with van der Waals surface area (Å²) in [6.45, 7) is 25.1. The van der Waals surface area contributed by atoms with E-state index in [1.165, 1.54) is 38.5 Å². The van der Waals surface area contributed by atoms with E-state index in [9.17, 15) is 0 Å². The third-order valence-corrected chi connectivity index (χ3v) is 6.63. The van der Waals surface area contributed by atoms with Crippen LogP contribution in [-0.4, -0.2) is 0 Å². The van der Waals surface area contributed by atoms with Crippen molar-refractivity contribution in [1.29, 1.82) is 0 Å². The highest BCUT2D eigenvalue weighted by atomic mass is 14.4. The summed E-state index contributed by atoms with van der Waals surface area (Å²) in [5, 5.41) is 0. The molecule has 1 saturated carbocycles. The van der Waals surface area contributed by atoms with Crippen LogP contribution in [0.15, 0.2) is 0 Å². The first kappa shape index (κ1) is 26.2. The van der Waals surface area contributed by atoms with Gasteiger partial charge < -0.3 is 0 Å². The second kappa shape index (κ2) is 15.3. The smallest absolute Gasteiger partial charge is 0.0355 e. The quantitative estimate of drug-likeness (QED) is 0.414. The third kappa shape index (κ3) is 8.39. The third-order valence-electron chi connectivity index (χ3n) is 6.63. The van der Waals surface area contributed by atoms with Gasteiger partial charge in [-0.1, -0.05) is 95.4 Å². The van der Waals surface area contributed by atoms with E-state index in [1.54, 1.807) is 0 Å². The zero-order valence-corrected chi connectivity index (χ0v) is 19.3. The molecule has 148 valence electrons. The summed E-state index contributed by atoms with van der Waals surface area (Å²) in [5.41, 5.74) is 0. The average Bonchev–Trinajstić information content (AvgIpc) is 2.90. The summed E-state index contributed by atoms with van der Waals surface area (Å²) in [4.78, 5) is 0. The molecular weight excluding hydrogens is 288 g/mol. The zero-order valence-electron chi connectivity index (χ0n) is 19.3. The van der Waals surface area contributed by atoms with Crippen molar-refractivity contribution >= 4 is 0 Å². The molecule has 0 aliphatic heterocycles. The van der Waals surface area contributed by atoms with Crippen LogP contribution in [0.4, 0.5) is 0 Å². The topological polar surface area (TPSA) is 0 Å². The van der Waals surface area contributed by atoms with Gasteiger partial charge in [-0.2, -0.15) is 0 Å². The molecule has 0 aromatic carbocycles. The van der Waals surface area contributed by atoms with Crippen LogP contribution < -0.4 is 0 Å². The molecule has 0 amide bonds. The first-order valence-corrected chi connectivity index (χ1v) is 11.4. The van der Waals surface area contributed by atoms with Crippen LogP contribution in [0.5, 0.6) is 0 Å². The number of hydrogen-bond acceptors (Lipinski definition) is 0. The molecule has 0 bridgehead atoms. The highest BCUT2D eigenvalue weighted by Gasteiger charge is 2.39. The van der Waals surface area contributed by atoms with Crippen LogP contribution in [0.25, 0.3) is 0 Å². The first-order valence-electron chi connectivity index (χ1n) is 11.4. The Morgan fingerprint density at radius 3 is 1.75 bits per heavy atom. The predicted octanol–water partition coefficient (Wildman–Crippen LogP) is 8.85. The Morgan fingerprint density at radius 1 is 0.833 bits per heavy atom. The minimum Gasteiger partial charge on any atom is -0.0683 e. The Hall–Kier alpha value is 0. The molecule has 0 saturated heterocycles. The molecule has 0 heterocycles. The maximum absolute atomic E-state index is 2.54. The Labute approximate surface area is 156 Å². The van der Waals surface area contributed by atoms with Gasteiger partial charge in [0.05, 0.1) is 0 Å². The van der Waals surface area contributed by atoms with Crippen LogP contribution >= 0.6 is 0 Å². The molecule has 6 unspecified atom stereocenters. The van der Waals surface area contributed by atoms with Crippen LogP contribution in [0.1, 0.15) is 115 Å². The SMILES string of the molecule is CC.CC.CCC(CC)CC(C)CC(C)C1CC(C)C(C)C1CC. The Balaban J connectivity index is 0. The molecule has 6 atom stereocenters. The molecule has 1 aliphatic rings. The normalized spacial score (nSPS) is 28.5. The maximum atomic E-state index is 2.54. The molecular formula is C24H52. The van der Waals surface area contributed by atoms with Gasteiger partial charge in [0.1, 0.15) is 0 Å². The molecule has 0 heteroatoms. The van der Waals surface area contributed by atoms with E-state index < -0.39 is 0 Å². The second-order valence-electron chi connectivity index (χ2n) is 8.04. The van der Waals surface area contributed by atoms with Gasteiger partial charge in [0.2, 0.25) is 0 Å². The molecule has 0 radical (unpaired) electrons. The summed E-state index contributed by atoms with van der Waals surface area (Å²) in [6, 6.07) is 0. The lowest BCUT2D eigenvalue weighted by Crippen LogP contribution is -2.21. The molecule has 0 N–H and O–H groups in total. The van der Waals surface area contributed by atoms with Crippen molar-refractivity contribution in [3.63, 3.8) is 0 Å². The summed E-state index contributed by atoms with van der Waals surface area (Å²) >= 11 is 0.